The van der Waals surface area contributed by atoms with Crippen LogP contribution in [0.2, 0.25) is 0 Å². The number of aromatic amines is 1. The average molecular weight is 392 g/mol. The van der Waals surface area contributed by atoms with Gasteiger partial charge in [-0.1, -0.05) is 48.5 Å². The number of aromatic nitrogens is 1. The van der Waals surface area contributed by atoms with E-state index in [2.05, 4.69) is 4.98 Å². The molecule has 1 unspecified atom stereocenters. The number of H-pyrrole nitrogens is 1. The first-order valence-electron chi connectivity index (χ1n) is 8.77. The van der Waals surface area contributed by atoms with Crippen molar-refractivity contribution < 1.29 is 15.0 Å². The summed E-state index contributed by atoms with van der Waals surface area (Å²) in [5, 5.41) is 33.0. The second-order valence-electron chi connectivity index (χ2n) is 6.54. The Morgan fingerprint density at radius 3 is 2.46 bits per heavy atom. The van der Waals surface area contributed by atoms with Crippen molar-refractivity contribution >= 4 is 34.8 Å². The Morgan fingerprint density at radius 2 is 1.82 bits per heavy atom. The smallest absolute Gasteiger partial charge is 0.423 e. The van der Waals surface area contributed by atoms with E-state index < -0.39 is 7.12 Å². The van der Waals surface area contributed by atoms with Gasteiger partial charge in [-0.25, -0.2) is 0 Å². The second kappa shape index (κ2) is 7.59. The van der Waals surface area contributed by atoms with E-state index in [1.807, 2.05) is 41.8 Å². The summed E-state index contributed by atoms with van der Waals surface area (Å²) in [6, 6.07) is 18.5. The Hall–Kier alpha value is -2.94. The van der Waals surface area contributed by atoms with E-state index in [0.717, 1.165) is 32.6 Å². The molecule has 1 atom stereocenters. The number of hydrogen-bond acceptors (Lipinski definition) is 5. The molecule has 0 spiro atoms. The first-order valence-corrected chi connectivity index (χ1v) is 9.65. The highest BCUT2D eigenvalue weighted by molar-refractivity contribution is 7.10. The van der Waals surface area contributed by atoms with E-state index in [1.165, 1.54) is 11.3 Å². The molecule has 2 aromatic carbocycles. The number of nitro groups is 1. The van der Waals surface area contributed by atoms with Crippen molar-refractivity contribution in [1.82, 2.24) is 4.98 Å². The van der Waals surface area contributed by atoms with Gasteiger partial charge >= 0.3 is 7.12 Å². The molecule has 0 bridgehead atoms. The van der Waals surface area contributed by atoms with Gasteiger partial charge in [0.15, 0.2) is 0 Å². The van der Waals surface area contributed by atoms with Crippen LogP contribution in [0.5, 0.6) is 0 Å². The average Bonchev–Trinajstić information content (AvgIpc) is 3.34. The highest BCUT2D eigenvalue weighted by Crippen LogP contribution is 2.40. The summed E-state index contributed by atoms with van der Waals surface area (Å²) in [6.45, 7) is -0.206. The predicted molar refractivity (Wildman–Crippen MR) is 112 cm³/mol. The van der Waals surface area contributed by atoms with E-state index in [0.29, 0.717) is 5.46 Å². The maximum atomic E-state index is 11.4. The lowest BCUT2D eigenvalue weighted by Crippen LogP contribution is -2.29. The SMILES string of the molecule is O=[N+]([O-])CC(c1cccs1)c1c(-c2ccc(B(O)O)cc2)[nH]c2ccccc12. The van der Waals surface area contributed by atoms with Gasteiger partial charge in [0, 0.05) is 26.3 Å². The maximum absolute atomic E-state index is 11.4. The molecule has 0 saturated carbocycles. The molecule has 0 aliphatic rings. The van der Waals surface area contributed by atoms with E-state index in [1.54, 1.807) is 24.3 Å². The second-order valence-corrected chi connectivity index (χ2v) is 7.52. The van der Waals surface area contributed by atoms with Crippen molar-refractivity contribution in [1.29, 1.82) is 0 Å². The van der Waals surface area contributed by atoms with Crippen molar-refractivity contribution in [2.45, 2.75) is 5.92 Å². The summed E-state index contributed by atoms with van der Waals surface area (Å²) < 4.78 is 0. The van der Waals surface area contributed by atoms with Crippen LogP contribution in [0.1, 0.15) is 16.4 Å². The molecule has 2 aromatic heterocycles. The van der Waals surface area contributed by atoms with Crippen LogP contribution in [0.3, 0.4) is 0 Å². The third-order valence-electron chi connectivity index (χ3n) is 4.81. The fraction of sp³-hybridized carbons (Fsp3) is 0.100. The molecule has 0 fully saturated rings. The van der Waals surface area contributed by atoms with Crippen LogP contribution < -0.4 is 5.46 Å². The van der Waals surface area contributed by atoms with Gasteiger partial charge in [-0.3, -0.25) is 10.1 Å². The molecule has 28 heavy (non-hydrogen) atoms. The number of benzene rings is 2. The minimum Gasteiger partial charge on any atom is -0.423 e. The normalized spacial score (nSPS) is 12.2. The van der Waals surface area contributed by atoms with E-state index in [9.17, 15) is 20.2 Å². The van der Waals surface area contributed by atoms with Gasteiger partial charge in [0.05, 0.1) is 11.6 Å². The lowest BCUT2D eigenvalue weighted by atomic mass is 9.80. The molecule has 4 aromatic rings. The van der Waals surface area contributed by atoms with E-state index in [-0.39, 0.29) is 17.4 Å². The molecule has 6 nitrogen and oxygen atoms in total. The standard InChI is InChI=1S/C20H17BN2O4S/c24-21(25)14-9-7-13(8-10-14)20-19(15-4-1-2-5-17(15)22-20)16(12-23(26)27)18-6-3-11-28-18/h1-11,16,22,24-25H,12H2. The largest absolute Gasteiger partial charge is 0.488 e. The van der Waals surface area contributed by atoms with Crippen molar-refractivity contribution in [3.8, 4) is 11.3 Å². The molecule has 0 radical (unpaired) electrons. The Balaban J connectivity index is 1.93. The zero-order chi connectivity index (χ0) is 19.7. The summed E-state index contributed by atoms with van der Waals surface area (Å²) in [7, 11) is -1.54. The lowest BCUT2D eigenvalue weighted by Gasteiger charge is -2.14. The first kappa shape index (κ1) is 18.4. The van der Waals surface area contributed by atoms with E-state index >= 15 is 0 Å². The third-order valence-corrected chi connectivity index (χ3v) is 5.80. The van der Waals surface area contributed by atoms with Crippen molar-refractivity contribution in [2.75, 3.05) is 6.54 Å². The monoisotopic (exact) mass is 392 g/mol. The Bertz CT molecular complexity index is 1110. The van der Waals surface area contributed by atoms with E-state index in [4.69, 9.17) is 0 Å². The maximum Gasteiger partial charge on any atom is 0.488 e. The number of rotatable bonds is 6. The summed E-state index contributed by atoms with van der Waals surface area (Å²) in [5.41, 5.74) is 3.82. The van der Waals surface area contributed by atoms with Crippen LogP contribution >= 0.6 is 11.3 Å². The van der Waals surface area contributed by atoms with Gasteiger partial charge in [0.1, 0.15) is 0 Å². The first-order chi connectivity index (χ1) is 13.5. The third kappa shape index (κ3) is 3.45. The number of hydrogen-bond donors (Lipinski definition) is 3. The zero-order valence-electron chi connectivity index (χ0n) is 14.8. The van der Waals surface area contributed by atoms with Crippen LogP contribution in [0, 0.1) is 10.1 Å². The lowest BCUT2D eigenvalue weighted by molar-refractivity contribution is -0.481. The fourth-order valence-electron chi connectivity index (χ4n) is 3.54. The van der Waals surface area contributed by atoms with Crippen LogP contribution in [0.25, 0.3) is 22.2 Å². The van der Waals surface area contributed by atoms with Crippen molar-refractivity contribution in [3.05, 3.63) is 86.6 Å². The number of para-hydroxylation sites is 1. The van der Waals surface area contributed by atoms with Gasteiger partial charge in [-0.05, 0) is 28.5 Å². The molecule has 3 N–H and O–H groups in total. The minimum atomic E-state index is -1.54. The Morgan fingerprint density at radius 1 is 1.07 bits per heavy atom. The molecule has 2 heterocycles. The van der Waals surface area contributed by atoms with Crippen LogP contribution in [0.15, 0.2) is 66.0 Å². The number of thiophene rings is 1. The van der Waals surface area contributed by atoms with Gasteiger partial charge in [-0.15, -0.1) is 11.3 Å². The number of nitrogens with one attached hydrogen (secondary N) is 1. The van der Waals surface area contributed by atoms with Crippen molar-refractivity contribution in [3.63, 3.8) is 0 Å². The fourth-order valence-corrected chi connectivity index (χ4v) is 4.37. The van der Waals surface area contributed by atoms with Crippen LogP contribution in [-0.4, -0.2) is 33.6 Å². The molecular weight excluding hydrogens is 375 g/mol. The molecule has 8 heteroatoms. The van der Waals surface area contributed by atoms with Crippen molar-refractivity contribution in [2.24, 2.45) is 0 Å². The Labute approximate surface area is 165 Å². The van der Waals surface area contributed by atoms with Gasteiger partial charge < -0.3 is 15.0 Å². The quantitative estimate of drug-likeness (QED) is 0.267. The topological polar surface area (TPSA) is 99.4 Å². The molecular formula is C20H17BN2O4S. The molecule has 0 aliphatic heterocycles. The van der Waals surface area contributed by atoms with Gasteiger partial charge in [-0.2, -0.15) is 0 Å². The summed E-state index contributed by atoms with van der Waals surface area (Å²) in [6.07, 6.45) is 0. The molecule has 140 valence electrons. The minimum absolute atomic E-state index is 0.206. The summed E-state index contributed by atoms with van der Waals surface area (Å²) in [4.78, 5) is 15.5. The zero-order valence-corrected chi connectivity index (χ0v) is 15.6. The molecule has 4 rings (SSSR count). The number of nitrogens with zero attached hydrogens (tertiary/aromatic N) is 1. The van der Waals surface area contributed by atoms with Crippen LogP contribution in [-0.2, 0) is 0 Å². The highest BCUT2D eigenvalue weighted by atomic mass is 32.1. The summed E-state index contributed by atoms with van der Waals surface area (Å²) in [5.74, 6) is -0.385. The highest BCUT2D eigenvalue weighted by Gasteiger charge is 2.28. The number of fused-ring (bicyclic) bond motifs is 1. The summed E-state index contributed by atoms with van der Waals surface area (Å²) >= 11 is 1.51. The molecule has 0 aliphatic carbocycles. The van der Waals surface area contributed by atoms with Gasteiger partial charge in [0.25, 0.3) is 0 Å². The molecule has 0 amide bonds. The Kier molecular flexibility index (Phi) is 5.00. The predicted octanol–water partition coefficient (Wildman–Crippen LogP) is 2.98. The molecule has 0 saturated heterocycles. The van der Waals surface area contributed by atoms with Gasteiger partial charge in [0.2, 0.25) is 6.54 Å². The van der Waals surface area contributed by atoms with Crippen LogP contribution in [0.4, 0.5) is 0 Å².